The summed E-state index contributed by atoms with van der Waals surface area (Å²) in [6.45, 7) is 0.579. The molecular weight excluding hydrogens is 158 g/mol. The number of allylic oxidation sites excluding steroid dienone is 1. The van der Waals surface area contributed by atoms with E-state index in [4.69, 9.17) is 5.11 Å². The van der Waals surface area contributed by atoms with E-state index in [0.717, 1.165) is 10.6 Å². The molecule has 0 bridgehead atoms. The number of carbonyl (C=O) groups is 1. The minimum Gasteiger partial charge on any atom is -0.464 e. The molecule has 0 spiro atoms. The number of hydrogen-bond acceptors (Lipinski definition) is 3. The van der Waals surface area contributed by atoms with Crippen LogP contribution in [0.4, 0.5) is 4.79 Å². The Hall–Kier alpha value is -1.78. The average molecular weight is 165 g/mol. The largest absolute Gasteiger partial charge is 0.464 e. The van der Waals surface area contributed by atoms with E-state index in [0.29, 0.717) is 6.67 Å². The van der Waals surface area contributed by atoms with Crippen molar-refractivity contribution in [2.75, 3.05) is 6.67 Å². The maximum Gasteiger partial charge on any atom is 0.415 e. The molecule has 0 aromatic carbocycles. The fourth-order valence-electron chi connectivity index (χ4n) is 1.08. The standard InChI is InChI=1S/C7H7N3O2/c11-7(12)9-1-2-10-5-8-3-6(10)4-9/h1-4H,5H2,(H,11,12). The van der Waals surface area contributed by atoms with Crippen LogP contribution in [0.1, 0.15) is 0 Å². The minimum atomic E-state index is -0.987. The summed E-state index contributed by atoms with van der Waals surface area (Å²) in [6, 6.07) is 0. The Kier molecular flexibility index (Phi) is 1.36. The summed E-state index contributed by atoms with van der Waals surface area (Å²) in [7, 11) is 0. The van der Waals surface area contributed by atoms with Crippen LogP contribution in [0.3, 0.4) is 0 Å². The second-order valence-electron chi connectivity index (χ2n) is 2.46. The van der Waals surface area contributed by atoms with Gasteiger partial charge in [0.05, 0.1) is 5.70 Å². The van der Waals surface area contributed by atoms with Crippen molar-refractivity contribution in [3.8, 4) is 0 Å². The molecule has 12 heavy (non-hydrogen) atoms. The van der Waals surface area contributed by atoms with E-state index in [1.54, 1.807) is 12.4 Å². The summed E-state index contributed by atoms with van der Waals surface area (Å²) in [5.74, 6) is 0. The molecule has 0 aliphatic carbocycles. The Balaban J connectivity index is 2.25. The highest BCUT2D eigenvalue weighted by Gasteiger charge is 2.17. The Morgan fingerprint density at radius 2 is 2.42 bits per heavy atom. The van der Waals surface area contributed by atoms with E-state index in [2.05, 4.69) is 4.99 Å². The summed E-state index contributed by atoms with van der Waals surface area (Å²) >= 11 is 0. The number of carboxylic acid groups (broad SMARTS) is 1. The number of fused-ring (bicyclic) bond motifs is 1. The summed E-state index contributed by atoms with van der Waals surface area (Å²) in [4.78, 5) is 17.5. The molecule has 2 aliphatic heterocycles. The van der Waals surface area contributed by atoms with Gasteiger partial charge >= 0.3 is 6.09 Å². The molecule has 0 aromatic heterocycles. The predicted molar refractivity (Wildman–Crippen MR) is 42.3 cm³/mol. The van der Waals surface area contributed by atoms with Gasteiger partial charge in [-0.25, -0.2) is 4.79 Å². The van der Waals surface area contributed by atoms with E-state index in [9.17, 15) is 4.79 Å². The highest BCUT2D eigenvalue weighted by atomic mass is 16.4. The molecule has 0 atom stereocenters. The first-order chi connectivity index (χ1) is 5.77. The van der Waals surface area contributed by atoms with Gasteiger partial charge in [0.25, 0.3) is 0 Å². The van der Waals surface area contributed by atoms with Gasteiger partial charge in [-0.2, -0.15) is 0 Å². The fourth-order valence-corrected chi connectivity index (χ4v) is 1.08. The summed E-state index contributed by atoms with van der Waals surface area (Å²) in [5.41, 5.74) is 0.805. The molecule has 5 nitrogen and oxygen atoms in total. The van der Waals surface area contributed by atoms with Crippen LogP contribution in [-0.4, -0.2) is 33.9 Å². The lowest BCUT2D eigenvalue weighted by atomic mass is 10.4. The van der Waals surface area contributed by atoms with Crippen LogP contribution < -0.4 is 0 Å². The van der Waals surface area contributed by atoms with Crippen LogP contribution >= 0.6 is 0 Å². The maximum atomic E-state index is 10.5. The van der Waals surface area contributed by atoms with Gasteiger partial charge in [0.2, 0.25) is 0 Å². The van der Waals surface area contributed by atoms with Gasteiger partial charge in [-0.3, -0.25) is 9.89 Å². The van der Waals surface area contributed by atoms with E-state index in [1.165, 1.54) is 12.4 Å². The van der Waals surface area contributed by atoms with Gasteiger partial charge < -0.3 is 10.0 Å². The van der Waals surface area contributed by atoms with Crippen LogP contribution in [0.2, 0.25) is 0 Å². The van der Waals surface area contributed by atoms with Crippen molar-refractivity contribution in [1.82, 2.24) is 9.80 Å². The van der Waals surface area contributed by atoms with Crippen LogP contribution in [-0.2, 0) is 0 Å². The van der Waals surface area contributed by atoms with Gasteiger partial charge in [0.15, 0.2) is 0 Å². The van der Waals surface area contributed by atoms with Crippen molar-refractivity contribution in [1.29, 1.82) is 0 Å². The summed E-state index contributed by atoms with van der Waals surface area (Å²) in [6.07, 6.45) is 5.37. The van der Waals surface area contributed by atoms with E-state index in [-0.39, 0.29) is 0 Å². The average Bonchev–Trinajstić information content (AvgIpc) is 2.49. The zero-order valence-electron chi connectivity index (χ0n) is 6.21. The number of aliphatic imine (C=N–C) groups is 1. The van der Waals surface area contributed by atoms with Gasteiger partial charge in [-0.15, -0.1) is 0 Å². The quantitative estimate of drug-likeness (QED) is 0.573. The Bertz CT molecular complexity index is 306. The SMILES string of the molecule is O=C(O)N1C=CN2CN=CC2=C1. The van der Waals surface area contributed by atoms with E-state index in [1.807, 2.05) is 4.90 Å². The van der Waals surface area contributed by atoms with Gasteiger partial charge in [0.1, 0.15) is 6.67 Å². The van der Waals surface area contributed by atoms with Crippen LogP contribution in [0.25, 0.3) is 0 Å². The molecule has 1 amide bonds. The monoisotopic (exact) mass is 165 g/mol. The highest BCUT2D eigenvalue weighted by molar-refractivity contribution is 5.82. The molecule has 2 heterocycles. The molecule has 0 fully saturated rings. The second kappa shape index (κ2) is 2.37. The molecule has 1 N–H and O–H groups in total. The highest BCUT2D eigenvalue weighted by Crippen LogP contribution is 2.15. The summed E-state index contributed by atoms with van der Waals surface area (Å²) in [5, 5.41) is 8.63. The molecule has 0 radical (unpaired) electrons. The van der Waals surface area contributed by atoms with Gasteiger partial charge in [-0.1, -0.05) is 0 Å². The number of amides is 1. The van der Waals surface area contributed by atoms with Crippen LogP contribution in [0, 0.1) is 0 Å². The molecule has 2 aliphatic rings. The summed E-state index contributed by atoms with van der Waals surface area (Å²) < 4.78 is 0. The molecule has 0 unspecified atom stereocenters. The van der Waals surface area contributed by atoms with Gasteiger partial charge in [0, 0.05) is 24.8 Å². The molecule has 0 saturated carbocycles. The van der Waals surface area contributed by atoms with Crippen molar-refractivity contribution >= 4 is 12.3 Å². The third-order valence-corrected chi connectivity index (χ3v) is 1.69. The Labute approximate surface area is 68.9 Å². The molecule has 0 saturated heterocycles. The number of rotatable bonds is 0. The van der Waals surface area contributed by atoms with Gasteiger partial charge in [-0.05, 0) is 0 Å². The first-order valence-electron chi connectivity index (χ1n) is 3.45. The molecule has 5 heteroatoms. The minimum absolute atomic E-state index is 0.579. The molecular formula is C7H7N3O2. The molecule has 2 rings (SSSR count). The Morgan fingerprint density at radius 1 is 1.58 bits per heavy atom. The fraction of sp³-hybridized carbons (Fsp3) is 0.143. The number of hydrogen-bond donors (Lipinski definition) is 1. The van der Waals surface area contributed by atoms with Crippen molar-refractivity contribution in [2.45, 2.75) is 0 Å². The van der Waals surface area contributed by atoms with Crippen molar-refractivity contribution < 1.29 is 9.90 Å². The maximum absolute atomic E-state index is 10.5. The lowest BCUT2D eigenvalue weighted by Crippen LogP contribution is -2.26. The zero-order chi connectivity index (χ0) is 8.55. The van der Waals surface area contributed by atoms with Crippen molar-refractivity contribution in [3.63, 3.8) is 0 Å². The van der Waals surface area contributed by atoms with E-state index >= 15 is 0 Å². The first-order valence-corrected chi connectivity index (χ1v) is 3.45. The van der Waals surface area contributed by atoms with Crippen molar-refractivity contribution in [2.24, 2.45) is 4.99 Å². The van der Waals surface area contributed by atoms with E-state index < -0.39 is 6.09 Å². The molecule has 0 aromatic rings. The lowest BCUT2D eigenvalue weighted by molar-refractivity contribution is 0.173. The Morgan fingerprint density at radius 3 is 3.17 bits per heavy atom. The third-order valence-electron chi connectivity index (χ3n) is 1.69. The third kappa shape index (κ3) is 0.952. The smallest absolute Gasteiger partial charge is 0.415 e. The lowest BCUT2D eigenvalue weighted by Gasteiger charge is -2.21. The van der Waals surface area contributed by atoms with Crippen LogP contribution in [0.15, 0.2) is 29.3 Å². The first kappa shape index (κ1) is 6.90. The van der Waals surface area contributed by atoms with Crippen molar-refractivity contribution in [3.05, 3.63) is 24.3 Å². The second-order valence-corrected chi connectivity index (χ2v) is 2.46. The normalized spacial score (nSPS) is 19.5. The molecule has 62 valence electrons. The zero-order valence-corrected chi connectivity index (χ0v) is 6.21. The number of nitrogens with zero attached hydrogens (tertiary/aromatic N) is 3. The van der Waals surface area contributed by atoms with Crippen LogP contribution in [0.5, 0.6) is 0 Å². The predicted octanol–water partition coefficient (Wildman–Crippen LogP) is 0.637. The topological polar surface area (TPSA) is 56.1 Å².